The first-order chi connectivity index (χ1) is 7.88. The van der Waals surface area contributed by atoms with E-state index in [9.17, 15) is 13.2 Å². The summed E-state index contributed by atoms with van der Waals surface area (Å²) >= 11 is 0. The van der Waals surface area contributed by atoms with Crippen molar-refractivity contribution in [3.8, 4) is 0 Å². The van der Waals surface area contributed by atoms with E-state index < -0.39 is 23.9 Å². The number of nitrogens with zero attached hydrogens (tertiary/aromatic N) is 1. The zero-order chi connectivity index (χ0) is 13.1. The maximum atomic E-state index is 12.7. The van der Waals surface area contributed by atoms with Crippen LogP contribution in [0.1, 0.15) is 31.0 Å². The van der Waals surface area contributed by atoms with Crippen LogP contribution in [-0.2, 0) is 10.9 Å². The summed E-state index contributed by atoms with van der Waals surface area (Å²) in [5.41, 5.74) is 4.96. The van der Waals surface area contributed by atoms with E-state index in [1.807, 2.05) is 0 Å². The molecule has 0 radical (unpaired) electrons. The van der Waals surface area contributed by atoms with Crippen molar-refractivity contribution < 1.29 is 17.9 Å². The number of alkyl halides is 3. The smallest absolute Gasteiger partial charge is 0.377 e. The first-order valence-electron chi connectivity index (χ1n) is 5.26. The zero-order valence-corrected chi connectivity index (χ0v) is 9.66. The van der Waals surface area contributed by atoms with Crippen LogP contribution in [0.5, 0.6) is 0 Å². The highest BCUT2D eigenvalue weighted by Gasteiger charge is 2.35. The molecule has 96 valence electrons. The van der Waals surface area contributed by atoms with Gasteiger partial charge in [-0.25, -0.2) is 0 Å². The number of nitrogens with two attached hydrogens (primary N) is 1. The summed E-state index contributed by atoms with van der Waals surface area (Å²) in [5.74, 6) is 0. The number of hydrogen-bond acceptors (Lipinski definition) is 3. The van der Waals surface area contributed by atoms with Gasteiger partial charge in [-0.2, -0.15) is 13.2 Å². The van der Waals surface area contributed by atoms with E-state index in [-0.39, 0.29) is 5.56 Å². The van der Waals surface area contributed by atoms with Gasteiger partial charge in [0.1, 0.15) is 0 Å². The van der Waals surface area contributed by atoms with Crippen molar-refractivity contribution in [3.05, 3.63) is 29.6 Å². The molecule has 0 amide bonds. The minimum Gasteiger partial charge on any atom is -0.377 e. The molecule has 17 heavy (non-hydrogen) atoms. The molecule has 1 aromatic rings. The predicted molar refractivity (Wildman–Crippen MR) is 57.3 cm³/mol. The maximum Gasteiger partial charge on any atom is 0.416 e. The summed E-state index contributed by atoms with van der Waals surface area (Å²) in [7, 11) is 0. The second-order valence-electron chi connectivity index (χ2n) is 3.65. The van der Waals surface area contributed by atoms with Crippen molar-refractivity contribution in [3.63, 3.8) is 0 Å². The fourth-order valence-corrected chi connectivity index (χ4v) is 1.55. The molecule has 0 saturated carbocycles. The Bertz CT molecular complexity index is 368. The second kappa shape index (κ2) is 5.46. The quantitative estimate of drug-likeness (QED) is 0.890. The SMILES string of the molecule is CCOC(C)C(N)c1cnccc1C(F)(F)F. The van der Waals surface area contributed by atoms with Crippen LogP contribution in [0.25, 0.3) is 0 Å². The first-order valence-corrected chi connectivity index (χ1v) is 5.26. The molecule has 2 unspecified atom stereocenters. The van der Waals surface area contributed by atoms with Gasteiger partial charge in [0.15, 0.2) is 0 Å². The molecule has 0 aliphatic rings. The average molecular weight is 248 g/mol. The molecule has 3 nitrogen and oxygen atoms in total. The lowest BCUT2D eigenvalue weighted by Gasteiger charge is -2.22. The summed E-state index contributed by atoms with van der Waals surface area (Å²) in [4.78, 5) is 3.69. The van der Waals surface area contributed by atoms with E-state index >= 15 is 0 Å². The van der Waals surface area contributed by atoms with E-state index in [2.05, 4.69) is 4.98 Å². The fraction of sp³-hybridized carbons (Fsp3) is 0.545. The monoisotopic (exact) mass is 248 g/mol. The van der Waals surface area contributed by atoms with Gasteiger partial charge in [0, 0.05) is 24.6 Å². The van der Waals surface area contributed by atoms with Gasteiger partial charge in [-0.15, -0.1) is 0 Å². The number of ether oxygens (including phenoxy) is 1. The molecule has 0 spiro atoms. The van der Waals surface area contributed by atoms with Gasteiger partial charge in [0.25, 0.3) is 0 Å². The first kappa shape index (κ1) is 13.9. The summed E-state index contributed by atoms with van der Waals surface area (Å²) in [5, 5.41) is 0. The average Bonchev–Trinajstić information content (AvgIpc) is 2.27. The molecule has 0 aliphatic carbocycles. The van der Waals surface area contributed by atoms with Gasteiger partial charge >= 0.3 is 6.18 Å². The third kappa shape index (κ3) is 3.41. The zero-order valence-electron chi connectivity index (χ0n) is 9.66. The molecule has 0 fully saturated rings. The van der Waals surface area contributed by atoms with E-state index in [4.69, 9.17) is 10.5 Å². The van der Waals surface area contributed by atoms with Crippen LogP contribution in [0.4, 0.5) is 13.2 Å². The van der Waals surface area contributed by atoms with Crippen LogP contribution < -0.4 is 5.73 Å². The van der Waals surface area contributed by atoms with Crippen molar-refractivity contribution in [2.24, 2.45) is 5.73 Å². The molecule has 0 aliphatic heterocycles. The van der Waals surface area contributed by atoms with Crippen LogP contribution in [0, 0.1) is 0 Å². The molecule has 1 heterocycles. The molecule has 0 aromatic carbocycles. The van der Waals surface area contributed by atoms with Gasteiger partial charge in [0.2, 0.25) is 0 Å². The number of halogens is 3. The molecule has 0 saturated heterocycles. The summed E-state index contributed by atoms with van der Waals surface area (Å²) in [6.07, 6.45) is -2.68. The second-order valence-corrected chi connectivity index (χ2v) is 3.65. The van der Waals surface area contributed by atoms with Crippen molar-refractivity contribution >= 4 is 0 Å². The number of rotatable bonds is 4. The minimum atomic E-state index is -4.43. The maximum absolute atomic E-state index is 12.7. The Labute approximate surface area is 97.8 Å². The molecule has 2 atom stereocenters. The van der Waals surface area contributed by atoms with Gasteiger partial charge in [0.05, 0.1) is 17.7 Å². The van der Waals surface area contributed by atoms with Gasteiger partial charge in [-0.05, 0) is 19.9 Å². The van der Waals surface area contributed by atoms with E-state index in [0.717, 1.165) is 18.5 Å². The van der Waals surface area contributed by atoms with Crippen molar-refractivity contribution in [1.82, 2.24) is 4.98 Å². The van der Waals surface area contributed by atoms with Crippen LogP contribution in [0.3, 0.4) is 0 Å². The normalized spacial score (nSPS) is 15.6. The number of aromatic nitrogens is 1. The Hall–Kier alpha value is -1.14. The van der Waals surface area contributed by atoms with Gasteiger partial charge < -0.3 is 10.5 Å². The minimum absolute atomic E-state index is 0.0408. The highest BCUT2D eigenvalue weighted by atomic mass is 19.4. The lowest BCUT2D eigenvalue weighted by atomic mass is 9.99. The van der Waals surface area contributed by atoms with E-state index in [0.29, 0.717) is 6.61 Å². The topological polar surface area (TPSA) is 48.1 Å². The lowest BCUT2D eigenvalue weighted by Crippen LogP contribution is -2.28. The summed E-state index contributed by atoms with van der Waals surface area (Å²) < 4.78 is 43.4. The summed E-state index contributed by atoms with van der Waals surface area (Å²) in [6.45, 7) is 3.80. The highest BCUT2D eigenvalue weighted by Crippen LogP contribution is 2.34. The Morgan fingerprint density at radius 2 is 2.12 bits per heavy atom. The van der Waals surface area contributed by atoms with Crippen LogP contribution in [0.15, 0.2) is 18.5 Å². The molecule has 1 aromatic heterocycles. The van der Waals surface area contributed by atoms with Crippen LogP contribution >= 0.6 is 0 Å². The van der Waals surface area contributed by atoms with Crippen molar-refractivity contribution in [2.75, 3.05) is 6.61 Å². The number of hydrogen-bond donors (Lipinski definition) is 1. The van der Waals surface area contributed by atoms with E-state index in [1.54, 1.807) is 13.8 Å². The Morgan fingerprint density at radius 3 is 2.65 bits per heavy atom. The van der Waals surface area contributed by atoms with Crippen molar-refractivity contribution in [1.29, 1.82) is 0 Å². The third-order valence-electron chi connectivity index (χ3n) is 2.45. The number of pyridine rings is 1. The molecule has 2 N–H and O–H groups in total. The Kier molecular flexibility index (Phi) is 4.47. The van der Waals surface area contributed by atoms with Crippen molar-refractivity contribution in [2.45, 2.75) is 32.2 Å². The van der Waals surface area contributed by atoms with Gasteiger partial charge in [-0.3, -0.25) is 4.98 Å². The Morgan fingerprint density at radius 1 is 1.47 bits per heavy atom. The largest absolute Gasteiger partial charge is 0.416 e. The molecule has 1 rings (SSSR count). The predicted octanol–water partition coefficient (Wildman–Crippen LogP) is 2.53. The lowest BCUT2D eigenvalue weighted by molar-refractivity contribution is -0.138. The van der Waals surface area contributed by atoms with Crippen LogP contribution in [0.2, 0.25) is 0 Å². The fourth-order valence-electron chi connectivity index (χ4n) is 1.55. The molecule has 6 heteroatoms. The highest BCUT2D eigenvalue weighted by molar-refractivity contribution is 5.29. The Balaban J connectivity index is 3.05. The van der Waals surface area contributed by atoms with Gasteiger partial charge in [-0.1, -0.05) is 0 Å². The standard InChI is InChI=1S/C11H15F3N2O/c1-3-17-7(2)10(15)8-6-16-5-4-9(8)11(12,13)14/h4-7,10H,3,15H2,1-2H3. The summed E-state index contributed by atoms with van der Waals surface area (Å²) in [6, 6.07) is 0.0775. The van der Waals surface area contributed by atoms with E-state index in [1.165, 1.54) is 0 Å². The third-order valence-corrected chi connectivity index (χ3v) is 2.45. The van der Waals surface area contributed by atoms with Crippen LogP contribution in [-0.4, -0.2) is 17.7 Å². The molecular formula is C11H15F3N2O. The molecular weight excluding hydrogens is 233 g/mol. The molecule has 0 bridgehead atoms.